The first kappa shape index (κ1) is 18.4. The molecule has 0 aromatic heterocycles. The Morgan fingerprint density at radius 3 is 2.68 bits per heavy atom. The minimum Gasteiger partial charge on any atom is -0.500 e. The molecule has 1 rings (SSSR count). The fourth-order valence-corrected chi connectivity index (χ4v) is 2.70. The van der Waals surface area contributed by atoms with Gasteiger partial charge in [-0.15, -0.1) is 11.8 Å². The van der Waals surface area contributed by atoms with Crippen molar-refractivity contribution in [1.82, 2.24) is 0 Å². The van der Waals surface area contributed by atoms with Crippen molar-refractivity contribution in [3.05, 3.63) is 35.8 Å². The number of hydrogen-bond donors (Lipinski definition) is 0. The van der Waals surface area contributed by atoms with Crippen molar-refractivity contribution in [2.75, 3.05) is 20.0 Å². The highest BCUT2D eigenvalue weighted by atomic mass is 32.2. The summed E-state index contributed by atoms with van der Waals surface area (Å²) >= 11 is 1.79. The van der Waals surface area contributed by atoms with E-state index in [0.717, 1.165) is 16.2 Å². The van der Waals surface area contributed by atoms with Gasteiger partial charge in [0, 0.05) is 4.90 Å². The van der Waals surface area contributed by atoms with Gasteiger partial charge in [-0.05, 0) is 36.8 Å². The average molecular weight is 324 g/mol. The Kier molecular flexibility index (Phi) is 8.51. The largest absolute Gasteiger partial charge is 0.500 e. The van der Waals surface area contributed by atoms with Gasteiger partial charge in [0.25, 0.3) is 0 Å². The van der Waals surface area contributed by atoms with Crippen molar-refractivity contribution in [3.63, 3.8) is 0 Å². The van der Waals surface area contributed by atoms with Crippen LogP contribution in [-0.2, 0) is 14.3 Å². The molecule has 0 amide bonds. The maximum atomic E-state index is 11.6. The number of unbranched alkanes of at least 4 members (excludes halogenated alkanes) is 2. The number of methoxy groups -OCH3 is 2. The highest BCUT2D eigenvalue weighted by Gasteiger charge is 2.14. The van der Waals surface area contributed by atoms with Gasteiger partial charge in [0.05, 0.1) is 14.2 Å². The molecule has 0 heterocycles. The van der Waals surface area contributed by atoms with E-state index in [4.69, 9.17) is 9.47 Å². The summed E-state index contributed by atoms with van der Waals surface area (Å²) in [6, 6.07) is 5.99. The lowest BCUT2D eigenvalue weighted by molar-refractivity contribution is -0.138. The molecule has 0 N–H and O–H groups in total. The average Bonchev–Trinajstić information content (AvgIpc) is 2.53. The summed E-state index contributed by atoms with van der Waals surface area (Å²) in [4.78, 5) is 12.8. The monoisotopic (exact) mass is 324 g/mol. The molecular formula is C17H24O4S. The van der Waals surface area contributed by atoms with Crippen LogP contribution in [0.2, 0.25) is 0 Å². The number of carbonyl (C=O) groups is 1. The number of hydrogen-bond acceptors (Lipinski definition) is 5. The Morgan fingerprint density at radius 2 is 2.05 bits per heavy atom. The Balaban J connectivity index is 2.80. The summed E-state index contributed by atoms with van der Waals surface area (Å²) in [5, 5.41) is 0. The molecular weight excluding hydrogens is 300 g/mol. The summed E-state index contributed by atoms with van der Waals surface area (Å²) in [7, 11) is 2.77. The maximum absolute atomic E-state index is 11.6. The van der Waals surface area contributed by atoms with Crippen LogP contribution in [0.3, 0.4) is 0 Å². The molecule has 0 radical (unpaired) electrons. The summed E-state index contributed by atoms with van der Waals surface area (Å²) in [5.74, 6) is 1.17. The van der Waals surface area contributed by atoms with E-state index in [-0.39, 0.29) is 5.76 Å². The van der Waals surface area contributed by atoms with Gasteiger partial charge in [-0.25, -0.2) is 4.79 Å². The lowest BCUT2D eigenvalue weighted by atomic mass is 10.2. The minimum absolute atomic E-state index is 0.0289. The molecule has 0 aliphatic heterocycles. The van der Waals surface area contributed by atoms with Crippen LogP contribution in [0.4, 0.5) is 0 Å². The number of thioether (sulfide) groups is 1. The van der Waals surface area contributed by atoms with Gasteiger partial charge in [-0.3, -0.25) is 0 Å². The van der Waals surface area contributed by atoms with E-state index in [0.29, 0.717) is 5.75 Å². The number of benzene rings is 1. The molecule has 0 saturated carbocycles. The van der Waals surface area contributed by atoms with Crippen molar-refractivity contribution in [1.29, 1.82) is 0 Å². The van der Waals surface area contributed by atoms with E-state index in [1.54, 1.807) is 11.8 Å². The van der Waals surface area contributed by atoms with E-state index in [9.17, 15) is 4.79 Å². The molecule has 0 aliphatic rings. The molecule has 1 aromatic rings. The minimum atomic E-state index is -0.567. The molecule has 0 bridgehead atoms. The second-order valence-electron chi connectivity index (χ2n) is 4.79. The molecule has 4 nitrogen and oxygen atoms in total. The van der Waals surface area contributed by atoms with Gasteiger partial charge in [0.15, 0.2) is 0 Å². The van der Waals surface area contributed by atoms with Crippen LogP contribution >= 0.6 is 11.8 Å². The van der Waals surface area contributed by atoms with Gasteiger partial charge in [0.2, 0.25) is 5.76 Å². The van der Waals surface area contributed by atoms with E-state index < -0.39 is 5.97 Å². The van der Waals surface area contributed by atoms with E-state index in [1.165, 1.54) is 39.7 Å². The van der Waals surface area contributed by atoms with Crippen LogP contribution in [-0.4, -0.2) is 25.9 Å². The highest BCUT2D eigenvalue weighted by Crippen LogP contribution is 2.28. The first-order valence-corrected chi connectivity index (χ1v) is 8.33. The molecule has 5 heteroatoms. The fraction of sp³-hybridized carbons (Fsp3) is 0.471. The number of ether oxygens (including phenoxy) is 3. The molecule has 0 atom stereocenters. The van der Waals surface area contributed by atoms with Crippen LogP contribution in [0.5, 0.6) is 5.75 Å². The van der Waals surface area contributed by atoms with Crippen LogP contribution in [0.1, 0.15) is 31.7 Å². The molecule has 1 aromatic carbocycles. The summed E-state index contributed by atoms with van der Waals surface area (Å²) in [6.45, 7) is 4.13. The van der Waals surface area contributed by atoms with Crippen molar-refractivity contribution in [3.8, 4) is 5.75 Å². The lowest BCUT2D eigenvalue weighted by Gasteiger charge is -2.12. The van der Waals surface area contributed by atoms with Crippen molar-refractivity contribution < 1.29 is 19.0 Å². The van der Waals surface area contributed by atoms with Crippen LogP contribution in [0, 0.1) is 6.92 Å². The lowest BCUT2D eigenvalue weighted by Crippen LogP contribution is -2.11. The third kappa shape index (κ3) is 6.02. The third-order valence-corrected chi connectivity index (χ3v) is 4.09. The summed E-state index contributed by atoms with van der Waals surface area (Å²) < 4.78 is 15.2. The smallest absolute Gasteiger partial charge is 0.377 e. The first-order chi connectivity index (χ1) is 10.6. The van der Waals surface area contributed by atoms with Crippen LogP contribution in [0.25, 0.3) is 0 Å². The van der Waals surface area contributed by atoms with E-state index in [1.807, 2.05) is 19.1 Å². The summed E-state index contributed by atoms with van der Waals surface area (Å²) in [6.07, 6.45) is 4.90. The number of carbonyl (C=O) groups excluding carboxylic acids is 1. The van der Waals surface area contributed by atoms with Crippen LogP contribution < -0.4 is 4.74 Å². The number of rotatable bonds is 9. The zero-order valence-electron chi connectivity index (χ0n) is 13.7. The zero-order valence-corrected chi connectivity index (χ0v) is 14.5. The van der Waals surface area contributed by atoms with Gasteiger partial charge >= 0.3 is 5.97 Å². The van der Waals surface area contributed by atoms with Crippen molar-refractivity contribution >= 4 is 17.7 Å². The number of aryl methyl sites for hydroxylation is 1. The first-order valence-electron chi connectivity index (χ1n) is 7.35. The van der Waals surface area contributed by atoms with E-state index >= 15 is 0 Å². The van der Waals surface area contributed by atoms with Crippen molar-refractivity contribution in [2.24, 2.45) is 0 Å². The molecule has 0 aliphatic carbocycles. The second-order valence-corrected chi connectivity index (χ2v) is 5.96. The number of esters is 1. The molecule has 0 spiro atoms. The predicted molar refractivity (Wildman–Crippen MR) is 89.2 cm³/mol. The SMILES string of the molecule is CCCCCSc1ccc(C)c(O/C(=C\OC)C(=O)OC)c1. The molecule has 0 fully saturated rings. The maximum Gasteiger partial charge on any atom is 0.377 e. The second kappa shape index (κ2) is 10.2. The topological polar surface area (TPSA) is 44.8 Å². The zero-order chi connectivity index (χ0) is 16.4. The van der Waals surface area contributed by atoms with Crippen molar-refractivity contribution in [2.45, 2.75) is 38.0 Å². The van der Waals surface area contributed by atoms with Gasteiger partial charge in [0.1, 0.15) is 12.0 Å². The standard InChI is InChI=1S/C17H24O4S/c1-5-6-7-10-22-14-9-8-13(2)15(11-14)21-16(12-19-3)17(18)20-4/h8-9,11-12H,5-7,10H2,1-4H3/b16-12-. The molecule has 0 saturated heterocycles. The van der Waals surface area contributed by atoms with Gasteiger partial charge in [-0.2, -0.15) is 0 Å². The van der Waals surface area contributed by atoms with E-state index in [2.05, 4.69) is 17.7 Å². The summed E-state index contributed by atoms with van der Waals surface area (Å²) in [5.41, 5.74) is 0.948. The molecule has 122 valence electrons. The Hall–Kier alpha value is -1.62. The normalized spacial score (nSPS) is 11.2. The van der Waals surface area contributed by atoms with Crippen LogP contribution in [0.15, 0.2) is 35.1 Å². The highest BCUT2D eigenvalue weighted by molar-refractivity contribution is 7.99. The molecule has 22 heavy (non-hydrogen) atoms. The Morgan fingerprint density at radius 1 is 1.27 bits per heavy atom. The van der Waals surface area contributed by atoms with Gasteiger partial charge in [-0.1, -0.05) is 25.8 Å². The third-order valence-electron chi connectivity index (χ3n) is 3.01. The Labute approximate surface area is 136 Å². The van der Waals surface area contributed by atoms with Gasteiger partial charge < -0.3 is 14.2 Å². The molecule has 0 unspecified atom stereocenters. The predicted octanol–water partition coefficient (Wildman–Crippen LogP) is 4.32. The Bertz CT molecular complexity index is 511. The fourth-order valence-electron chi connectivity index (χ4n) is 1.76. The quantitative estimate of drug-likeness (QED) is 0.223.